The number of esters is 1. The standard InChI is InChI=1S/C15H15N3O4/c1-2-22-15(21)11(12(9-16)14(20)18-17)8-13(19)10-6-4-3-5-7-10/h3-8,12H,2,17H2,1H3,(H,18,20). The summed E-state index contributed by atoms with van der Waals surface area (Å²) in [6.45, 7) is 1.61. The van der Waals surface area contributed by atoms with Gasteiger partial charge < -0.3 is 4.74 Å². The summed E-state index contributed by atoms with van der Waals surface area (Å²) in [6.07, 6.45) is 0.927. The average molecular weight is 301 g/mol. The number of benzene rings is 1. The molecule has 0 aromatic heterocycles. The highest BCUT2D eigenvalue weighted by molar-refractivity contribution is 6.10. The van der Waals surface area contributed by atoms with Gasteiger partial charge in [0, 0.05) is 5.56 Å². The lowest BCUT2D eigenvalue weighted by molar-refractivity contribution is -0.140. The third-order valence-electron chi connectivity index (χ3n) is 2.70. The smallest absolute Gasteiger partial charge is 0.336 e. The number of nitriles is 1. The van der Waals surface area contributed by atoms with E-state index in [0.717, 1.165) is 6.08 Å². The molecule has 0 spiro atoms. The molecule has 0 radical (unpaired) electrons. The number of rotatable bonds is 6. The maximum absolute atomic E-state index is 12.1. The highest BCUT2D eigenvalue weighted by Gasteiger charge is 2.29. The van der Waals surface area contributed by atoms with Crippen LogP contribution in [0.1, 0.15) is 17.3 Å². The van der Waals surface area contributed by atoms with Crippen LogP contribution in [0, 0.1) is 17.2 Å². The number of allylic oxidation sites excluding steroid dienone is 1. The number of carbonyl (C=O) groups is 3. The number of nitrogens with two attached hydrogens (primary N) is 1. The Morgan fingerprint density at radius 2 is 2.00 bits per heavy atom. The third-order valence-corrected chi connectivity index (χ3v) is 2.70. The van der Waals surface area contributed by atoms with Crippen molar-refractivity contribution in [1.29, 1.82) is 5.26 Å². The molecule has 1 amide bonds. The number of hydrogen-bond acceptors (Lipinski definition) is 6. The quantitative estimate of drug-likeness (QED) is 0.197. The Bertz CT molecular complexity index is 632. The van der Waals surface area contributed by atoms with Gasteiger partial charge in [-0.1, -0.05) is 30.3 Å². The molecule has 0 aliphatic rings. The van der Waals surface area contributed by atoms with Crippen molar-refractivity contribution in [2.75, 3.05) is 6.61 Å². The maximum atomic E-state index is 12.1. The second kappa shape index (κ2) is 8.34. The van der Waals surface area contributed by atoms with Crippen LogP contribution < -0.4 is 11.3 Å². The predicted octanol–water partition coefficient (Wildman–Crippen LogP) is 0.488. The van der Waals surface area contributed by atoms with Crippen molar-refractivity contribution in [1.82, 2.24) is 5.43 Å². The van der Waals surface area contributed by atoms with E-state index < -0.39 is 23.6 Å². The van der Waals surface area contributed by atoms with Gasteiger partial charge in [-0.15, -0.1) is 0 Å². The molecule has 0 saturated heterocycles. The zero-order chi connectivity index (χ0) is 16.5. The van der Waals surface area contributed by atoms with Gasteiger partial charge in [-0.25, -0.2) is 10.6 Å². The summed E-state index contributed by atoms with van der Waals surface area (Å²) in [6, 6.07) is 9.76. The average Bonchev–Trinajstić information content (AvgIpc) is 2.55. The number of ether oxygens (including phenoxy) is 1. The largest absolute Gasteiger partial charge is 0.463 e. The van der Waals surface area contributed by atoms with Crippen LogP contribution in [0.5, 0.6) is 0 Å². The van der Waals surface area contributed by atoms with Gasteiger partial charge in [0.1, 0.15) is 0 Å². The number of amides is 1. The van der Waals surface area contributed by atoms with E-state index in [0.29, 0.717) is 5.56 Å². The monoisotopic (exact) mass is 301 g/mol. The summed E-state index contributed by atoms with van der Waals surface area (Å²) in [5, 5.41) is 9.07. The number of carbonyl (C=O) groups excluding carboxylic acids is 3. The fraction of sp³-hybridized carbons (Fsp3) is 0.200. The fourth-order valence-corrected chi connectivity index (χ4v) is 1.65. The van der Waals surface area contributed by atoms with Crippen molar-refractivity contribution in [3.8, 4) is 6.07 Å². The van der Waals surface area contributed by atoms with Gasteiger partial charge in [0.2, 0.25) is 0 Å². The number of nitrogens with one attached hydrogen (secondary N) is 1. The van der Waals surface area contributed by atoms with E-state index in [4.69, 9.17) is 15.8 Å². The van der Waals surface area contributed by atoms with Crippen molar-refractivity contribution in [2.45, 2.75) is 6.92 Å². The van der Waals surface area contributed by atoms with E-state index in [2.05, 4.69) is 0 Å². The molecule has 0 heterocycles. The molecule has 114 valence electrons. The summed E-state index contributed by atoms with van der Waals surface area (Å²) < 4.78 is 4.79. The summed E-state index contributed by atoms with van der Waals surface area (Å²) in [4.78, 5) is 35.6. The topological polar surface area (TPSA) is 122 Å². The zero-order valence-corrected chi connectivity index (χ0v) is 11.9. The van der Waals surface area contributed by atoms with Gasteiger partial charge >= 0.3 is 5.97 Å². The van der Waals surface area contributed by atoms with Crippen LogP contribution in [0.25, 0.3) is 0 Å². The van der Waals surface area contributed by atoms with E-state index >= 15 is 0 Å². The third kappa shape index (κ3) is 4.26. The molecular weight excluding hydrogens is 286 g/mol. The zero-order valence-electron chi connectivity index (χ0n) is 11.9. The molecular formula is C15H15N3O4. The summed E-state index contributed by atoms with van der Waals surface area (Å²) in [5.74, 6) is 1.12. The first-order valence-corrected chi connectivity index (χ1v) is 6.43. The Morgan fingerprint density at radius 1 is 1.36 bits per heavy atom. The molecule has 7 heteroatoms. The molecule has 3 N–H and O–H groups in total. The van der Waals surface area contributed by atoms with Crippen LogP contribution in [-0.4, -0.2) is 24.3 Å². The highest BCUT2D eigenvalue weighted by atomic mass is 16.5. The summed E-state index contributed by atoms with van der Waals surface area (Å²) in [5.41, 5.74) is 1.74. The highest BCUT2D eigenvalue weighted by Crippen LogP contribution is 2.15. The van der Waals surface area contributed by atoms with Crippen molar-refractivity contribution in [3.63, 3.8) is 0 Å². The van der Waals surface area contributed by atoms with E-state index in [-0.39, 0.29) is 12.2 Å². The Hall–Kier alpha value is -2.98. The second-order valence-corrected chi connectivity index (χ2v) is 4.12. The van der Waals surface area contributed by atoms with Crippen LogP contribution in [0.4, 0.5) is 0 Å². The van der Waals surface area contributed by atoms with Gasteiger partial charge in [-0.3, -0.25) is 15.0 Å². The number of nitrogens with zero attached hydrogens (tertiary/aromatic N) is 1. The minimum absolute atomic E-state index is 0.0398. The van der Waals surface area contributed by atoms with Crippen molar-refractivity contribution in [3.05, 3.63) is 47.5 Å². The first-order valence-electron chi connectivity index (χ1n) is 6.43. The van der Waals surface area contributed by atoms with E-state index in [9.17, 15) is 14.4 Å². The van der Waals surface area contributed by atoms with Gasteiger partial charge in [0.05, 0.1) is 18.2 Å². The van der Waals surface area contributed by atoms with Crippen LogP contribution in [0.2, 0.25) is 0 Å². The van der Waals surface area contributed by atoms with Crippen molar-refractivity contribution >= 4 is 17.7 Å². The Labute approximate surface area is 127 Å². The Morgan fingerprint density at radius 3 is 2.50 bits per heavy atom. The number of hydrogen-bond donors (Lipinski definition) is 2. The second-order valence-electron chi connectivity index (χ2n) is 4.12. The van der Waals surface area contributed by atoms with Gasteiger partial charge in [0.25, 0.3) is 5.91 Å². The molecule has 0 fully saturated rings. The SMILES string of the molecule is CCOC(=O)C(=CC(=O)c1ccccc1)C(C#N)C(=O)NN. The Balaban J connectivity index is 3.23. The first kappa shape index (κ1) is 17.1. The number of hydrazine groups is 1. The molecule has 0 saturated carbocycles. The lowest BCUT2D eigenvalue weighted by Crippen LogP contribution is -2.37. The minimum Gasteiger partial charge on any atom is -0.463 e. The van der Waals surface area contributed by atoms with Crippen molar-refractivity contribution < 1.29 is 19.1 Å². The first-order chi connectivity index (χ1) is 10.5. The predicted molar refractivity (Wildman–Crippen MR) is 76.9 cm³/mol. The van der Waals surface area contributed by atoms with E-state index in [1.165, 1.54) is 0 Å². The van der Waals surface area contributed by atoms with Crippen LogP contribution in [0.3, 0.4) is 0 Å². The normalized spacial score (nSPS) is 12.0. The van der Waals surface area contributed by atoms with Gasteiger partial charge in [0.15, 0.2) is 11.7 Å². The molecule has 7 nitrogen and oxygen atoms in total. The fourth-order valence-electron chi connectivity index (χ4n) is 1.65. The van der Waals surface area contributed by atoms with E-state index in [1.54, 1.807) is 48.8 Å². The van der Waals surface area contributed by atoms with Gasteiger partial charge in [-0.05, 0) is 13.0 Å². The lowest BCUT2D eigenvalue weighted by Gasteiger charge is -2.11. The van der Waals surface area contributed by atoms with Crippen LogP contribution >= 0.6 is 0 Å². The van der Waals surface area contributed by atoms with Gasteiger partial charge in [-0.2, -0.15) is 5.26 Å². The molecule has 1 unspecified atom stereocenters. The molecule has 0 aliphatic carbocycles. The summed E-state index contributed by atoms with van der Waals surface area (Å²) in [7, 11) is 0. The molecule has 1 rings (SSSR count). The molecule has 0 bridgehead atoms. The van der Waals surface area contributed by atoms with Crippen molar-refractivity contribution in [2.24, 2.45) is 11.8 Å². The maximum Gasteiger partial charge on any atom is 0.336 e. The van der Waals surface area contributed by atoms with Crippen LogP contribution in [-0.2, 0) is 14.3 Å². The molecule has 1 atom stereocenters. The number of ketones is 1. The molecule has 1 aromatic rings. The Kier molecular flexibility index (Phi) is 6.47. The minimum atomic E-state index is -1.53. The summed E-state index contributed by atoms with van der Waals surface area (Å²) >= 11 is 0. The van der Waals surface area contributed by atoms with E-state index in [1.807, 2.05) is 0 Å². The molecule has 1 aromatic carbocycles. The molecule has 22 heavy (non-hydrogen) atoms. The van der Waals surface area contributed by atoms with Crippen LogP contribution in [0.15, 0.2) is 42.0 Å². The molecule has 0 aliphatic heterocycles. The lowest BCUT2D eigenvalue weighted by atomic mass is 9.97.